The van der Waals surface area contributed by atoms with E-state index < -0.39 is 0 Å². The lowest BCUT2D eigenvalue weighted by Gasteiger charge is -2.24. The van der Waals surface area contributed by atoms with Crippen molar-refractivity contribution >= 4 is 23.2 Å². The third-order valence-electron chi connectivity index (χ3n) is 2.73. The third kappa shape index (κ3) is 4.32. The van der Waals surface area contributed by atoms with Crippen LogP contribution in [0.2, 0.25) is 10.0 Å². The highest BCUT2D eigenvalue weighted by molar-refractivity contribution is 6.33. The maximum absolute atomic E-state index is 6.13. The van der Waals surface area contributed by atoms with E-state index in [2.05, 4.69) is 19.2 Å². The van der Waals surface area contributed by atoms with E-state index in [1.807, 2.05) is 25.2 Å². The van der Waals surface area contributed by atoms with Crippen LogP contribution < -0.4 is 5.32 Å². The van der Waals surface area contributed by atoms with Crippen LogP contribution >= 0.6 is 23.2 Å². The fourth-order valence-electron chi connectivity index (χ4n) is 1.77. The van der Waals surface area contributed by atoms with Gasteiger partial charge < -0.3 is 5.32 Å². The molecule has 0 fully saturated rings. The van der Waals surface area contributed by atoms with Gasteiger partial charge in [-0.1, -0.05) is 37.0 Å². The second kappa shape index (κ2) is 5.90. The minimum atomic E-state index is 0.278. The van der Waals surface area contributed by atoms with Crippen LogP contribution in [0.5, 0.6) is 0 Å². The summed E-state index contributed by atoms with van der Waals surface area (Å²) in [5.74, 6) is 0. The van der Waals surface area contributed by atoms with E-state index in [1.54, 1.807) is 0 Å². The maximum Gasteiger partial charge on any atom is 0.0439 e. The van der Waals surface area contributed by atoms with E-state index in [9.17, 15) is 0 Å². The van der Waals surface area contributed by atoms with Crippen molar-refractivity contribution in [3.05, 3.63) is 33.8 Å². The Bertz CT molecular complexity index is 348. The van der Waals surface area contributed by atoms with Crippen molar-refractivity contribution in [3.63, 3.8) is 0 Å². The first-order chi connectivity index (χ1) is 7.44. The van der Waals surface area contributed by atoms with Gasteiger partial charge in [0, 0.05) is 10.0 Å². The molecule has 1 aromatic rings. The van der Waals surface area contributed by atoms with E-state index in [-0.39, 0.29) is 5.41 Å². The zero-order chi connectivity index (χ0) is 12.2. The number of hydrogen-bond donors (Lipinski definition) is 1. The molecule has 1 nitrogen and oxygen atoms in total. The molecular formula is C13H19Cl2N. The van der Waals surface area contributed by atoms with Crippen LogP contribution in [0.25, 0.3) is 0 Å². The lowest BCUT2D eigenvalue weighted by Crippen LogP contribution is -2.27. The average molecular weight is 260 g/mol. The van der Waals surface area contributed by atoms with Gasteiger partial charge in [0.1, 0.15) is 0 Å². The zero-order valence-electron chi connectivity index (χ0n) is 10.1. The van der Waals surface area contributed by atoms with Crippen LogP contribution in [-0.4, -0.2) is 13.6 Å². The molecule has 0 aliphatic heterocycles. The van der Waals surface area contributed by atoms with Crippen LogP contribution in [0.15, 0.2) is 18.2 Å². The zero-order valence-corrected chi connectivity index (χ0v) is 11.6. The van der Waals surface area contributed by atoms with Crippen LogP contribution in [0, 0.1) is 5.41 Å². The Morgan fingerprint density at radius 1 is 1.25 bits per heavy atom. The molecule has 0 aromatic heterocycles. The molecule has 16 heavy (non-hydrogen) atoms. The Kier molecular flexibility index (Phi) is 5.10. The summed E-state index contributed by atoms with van der Waals surface area (Å²) in [5.41, 5.74) is 1.42. The Morgan fingerprint density at radius 3 is 2.56 bits per heavy atom. The Morgan fingerprint density at radius 2 is 1.94 bits per heavy atom. The van der Waals surface area contributed by atoms with Gasteiger partial charge in [-0.25, -0.2) is 0 Å². The summed E-state index contributed by atoms with van der Waals surface area (Å²) in [6.45, 7) is 5.51. The highest BCUT2D eigenvalue weighted by Gasteiger charge is 2.17. The van der Waals surface area contributed by atoms with Gasteiger partial charge in [0.2, 0.25) is 0 Å². The summed E-state index contributed by atoms with van der Waals surface area (Å²) in [4.78, 5) is 0. The molecule has 1 N–H and O–H groups in total. The smallest absolute Gasteiger partial charge is 0.0439 e. The van der Waals surface area contributed by atoms with Crippen molar-refractivity contribution in [2.45, 2.75) is 26.7 Å². The van der Waals surface area contributed by atoms with Gasteiger partial charge in [-0.2, -0.15) is 0 Å². The van der Waals surface area contributed by atoms with Gasteiger partial charge in [-0.3, -0.25) is 0 Å². The molecule has 3 heteroatoms. The van der Waals surface area contributed by atoms with Crippen molar-refractivity contribution in [2.24, 2.45) is 5.41 Å². The molecule has 1 aromatic carbocycles. The molecule has 0 saturated carbocycles. The van der Waals surface area contributed by atoms with Crippen molar-refractivity contribution in [2.75, 3.05) is 13.6 Å². The fourth-order valence-corrected chi connectivity index (χ4v) is 2.18. The normalized spacial score (nSPS) is 11.8. The summed E-state index contributed by atoms with van der Waals surface area (Å²) in [5, 5.41) is 4.78. The van der Waals surface area contributed by atoms with E-state index in [0.29, 0.717) is 0 Å². The molecule has 0 spiro atoms. The van der Waals surface area contributed by atoms with E-state index in [4.69, 9.17) is 23.2 Å². The number of halogens is 2. The second-order valence-electron chi connectivity index (χ2n) is 4.93. The molecule has 0 radical (unpaired) electrons. The number of benzene rings is 1. The van der Waals surface area contributed by atoms with Gasteiger partial charge >= 0.3 is 0 Å². The van der Waals surface area contributed by atoms with Crippen LogP contribution in [0.3, 0.4) is 0 Å². The summed E-state index contributed by atoms with van der Waals surface area (Å²) in [7, 11) is 1.98. The molecule has 0 bridgehead atoms. The topological polar surface area (TPSA) is 12.0 Å². The van der Waals surface area contributed by atoms with Gasteiger partial charge in [-0.05, 0) is 55.6 Å². The summed E-state index contributed by atoms with van der Waals surface area (Å²) in [6.07, 6.45) is 2.06. The number of aryl methyl sites for hydroxylation is 1. The summed E-state index contributed by atoms with van der Waals surface area (Å²) >= 11 is 12.1. The largest absolute Gasteiger partial charge is 0.319 e. The highest BCUT2D eigenvalue weighted by atomic mass is 35.5. The number of hydrogen-bond acceptors (Lipinski definition) is 1. The lowest BCUT2D eigenvalue weighted by atomic mass is 9.86. The average Bonchev–Trinajstić information content (AvgIpc) is 2.19. The molecule has 0 saturated heterocycles. The van der Waals surface area contributed by atoms with Crippen molar-refractivity contribution in [1.82, 2.24) is 5.32 Å². The van der Waals surface area contributed by atoms with Gasteiger partial charge in [0.05, 0.1) is 0 Å². The molecule has 0 unspecified atom stereocenters. The molecular weight excluding hydrogens is 241 g/mol. The monoisotopic (exact) mass is 259 g/mol. The molecule has 0 amide bonds. The van der Waals surface area contributed by atoms with Gasteiger partial charge in [-0.15, -0.1) is 0 Å². The quantitative estimate of drug-likeness (QED) is 0.837. The molecule has 0 aliphatic carbocycles. The van der Waals surface area contributed by atoms with E-state index >= 15 is 0 Å². The number of rotatable bonds is 5. The predicted molar refractivity (Wildman–Crippen MR) is 72.5 cm³/mol. The van der Waals surface area contributed by atoms with Crippen molar-refractivity contribution in [1.29, 1.82) is 0 Å². The molecule has 0 aliphatic rings. The minimum absolute atomic E-state index is 0.278. The predicted octanol–water partition coefficient (Wildman–Crippen LogP) is 4.17. The highest BCUT2D eigenvalue weighted by Crippen LogP contribution is 2.27. The maximum atomic E-state index is 6.13. The first-order valence-electron chi connectivity index (χ1n) is 5.53. The molecule has 1 rings (SSSR count). The Hall–Kier alpha value is -0.240. The standard InChI is InChI=1S/C13H19Cl2N/c1-13(2,9-16-3)7-6-10-8-11(14)4-5-12(10)15/h4-5,8,16H,6-7,9H2,1-3H3. The minimum Gasteiger partial charge on any atom is -0.319 e. The summed E-state index contributed by atoms with van der Waals surface area (Å²) in [6, 6.07) is 5.65. The first kappa shape index (κ1) is 13.8. The summed E-state index contributed by atoms with van der Waals surface area (Å²) < 4.78 is 0. The lowest BCUT2D eigenvalue weighted by molar-refractivity contribution is 0.324. The Labute approximate surface area is 108 Å². The van der Waals surface area contributed by atoms with E-state index in [1.165, 1.54) is 0 Å². The van der Waals surface area contributed by atoms with Crippen LogP contribution in [0.1, 0.15) is 25.8 Å². The van der Waals surface area contributed by atoms with Gasteiger partial charge in [0.25, 0.3) is 0 Å². The second-order valence-corrected chi connectivity index (χ2v) is 5.77. The van der Waals surface area contributed by atoms with Crippen molar-refractivity contribution in [3.8, 4) is 0 Å². The van der Waals surface area contributed by atoms with Crippen molar-refractivity contribution < 1.29 is 0 Å². The number of nitrogens with one attached hydrogen (secondary N) is 1. The van der Waals surface area contributed by atoms with E-state index in [0.717, 1.165) is 35.0 Å². The molecule has 90 valence electrons. The van der Waals surface area contributed by atoms with Gasteiger partial charge in [0.15, 0.2) is 0 Å². The fraction of sp³-hybridized carbons (Fsp3) is 0.538. The molecule has 0 heterocycles. The van der Waals surface area contributed by atoms with Crippen LogP contribution in [0.4, 0.5) is 0 Å². The Balaban J connectivity index is 2.63. The SMILES string of the molecule is CNCC(C)(C)CCc1cc(Cl)ccc1Cl. The third-order valence-corrected chi connectivity index (χ3v) is 3.34. The van der Waals surface area contributed by atoms with Crippen LogP contribution in [-0.2, 0) is 6.42 Å². The first-order valence-corrected chi connectivity index (χ1v) is 6.29. The molecule has 0 atom stereocenters.